The van der Waals surface area contributed by atoms with Gasteiger partial charge in [0.05, 0.1) is 12.5 Å². The van der Waals surface area contributed by atoms with E-state index in [1.807, 2.05) is 13.8 Å². The Morgan fingerprint density at radius 3 is 1.90 bits per heavy atom. The maximum Gasteiger partial charge on any atom is 0.325 e. The zero-order valence-electron chi connectivity index (χ0n) is 17.6. The molecular weight excluding hydrogens is 416 g/mol. The molecular formula is C18H32N4O7S. The van der Waals surface area contributed by atoms with Crippen LogP contribution in [0.3, 0.4) is 0 Å². The molecule has 12 heteroatoms. The lowest BCUT2D eigenvalue weighted by atomic mass is 10.0. The van der Waals surface area contributed by atoms with Gasteiger partial charge in [0.15, 0.2) is 0 Å². The lowest BCUT2D eigenvalue weighted by Crippen LogP contribution is -2.57. The Labute approximate surface area is 179 Å². The Kier molecular flexibility index (Phi) is 12.7. The molecule has 0 aliphatic rings. The van der Waals surface area contributed by atoms with Crippen LogP contribution in [0.25, 0.3) is 0 Å². The van der Waals surface area contributed by atoms with Crippen LogP contribution < -0.4 is 21.7 Å². The SMILES string of the molecule is CSCCC(NC(=O)C(CC(=O)O)NC(=O)C(N)CC(C)C)C(=O)NC(C)C(=O)O. The zero-order valence-corrected chi connectivity index (χ0v) is 18.5. The minimum atomic E-state index is -1.44. The first-order chi connectivity index (χ1) is 13.9. The van der Waals surface area contributed by atoms with E-state index in [4.69, 9.17) is 15.9 Å². The summed E-state index contributed by atoms with van der Waals surface area (Å²) in [6, 6.07) is -4.62. The number of rotatable bonds is 14. The predicted octanol–water partition coefficient (Wildman–Crippen LogP) is -0.853. The monoisotopic (exact) mass is 448 g/mol. The molecule has 0 aliphatic carbocycles. The highest BCUT2D eigenvalue weighted by molar-refractivity contribution is 7.98. The van der Waals surface area contributed by atoms with Crippen LogP contribution in [-0.2, 0) is 24.0 Å². The number of thioether (sulfide) groups is 1. The first-order valence-corrected chi connectivity index (χ1v) is 10.9. The van der Waals surface area contributed by atoms with E-state index in [9.17, 15) is 24.0 Å². The van der Waals surface area contributed by atoms with Crippen molar-refractivity contribution in [2.75, 3.05) is 12.0 Å². The van der Waals surface area contributed by atoms with Crippen molar-refractivity contribution in [3.8, 4) is 0 Å². The number of carbonyl (C=O) groups is 5. The van der Waals surface area contributed by atoms with Crippen LogP contribution in [0.1, 0.15) is 40.0 Å². The fourth-order valence-corrected chi connectivity index (χ4v) is 2.90. The average Bonchev–Trinajstić information content (AvgIpc) is 2.62. The van der Waals surface area contributed by atoms with E-state index >= 15 is 0 Å². The van der Waals surface area contributed by atoms with Crippen molar-refractivity contribution in [3.63, 3.8) is 0 Å². The second-order valence-corrected chi connectivity index (χ2v) is 8.29. The molecule has 4 unspecified atom stereocenters. The summed E-state index contributed by atoms with van der Waals surface area (Å²) in [7, 11) is 0. The third-order valence-electron chi connectivity index (χ3n) is 4.05. The van der Waals surface area contributed by atoms with Gasteiger partial charge in [0.1, 0.15) is 18.1 Å². The molecule has 0 heterocycles. The van der Waals surface area contributed by atoms with Gasteiger partial charge in [0.25, 0.3) is 0 Å². The quantitative estimate of drug-likeness (QED) is 0.197. The van der Waals surface area contributed by atoms with Crippen LogP contribution in [0, 0.1) is 5.92 Å². The molecule has 11 nitrogen and oxygen atoms in total. The second kappa shape index (κ2) is 13.8. The van der Waals surface area contributed by atoms with Gasteiger partial charge in [-0.25, -0.2) is 0 Å². The minimum Gasteiger partial charge on any atom is -0.481 e. The van der Waals surface area contributed by atoms with Gasteiger partial charge in [0, 0.05) is 0 Å². The highest BCUT2D eigenvalue weighted by Gasteiger charge is 2.30. The van der Waals surface area contributed by atoms with Crippen molar-refractivity contribution in [2.24, 2.45) is 11.7 Å². The molecule has 0 aliphatic heterocycles. The van der Waals surface area contributed by atoms with E-state index in [0.717, 1.165) is 0 Å². The first-order valence-electron chi connectivity index (χ1n) is 9.49. The highest BCUT2D eigenvalue weighted by atomic mass is 32.2. The number of aliphatic carboxylic acids is 2. The summed E-state index contributed by atoms with van der Waals surface area (Å²) in [6.45, 7) is 5.00. The molecule has 0 aromatic heterocycles. The molecule has 0 saturated heterocycles. The predicted molar refractivity (Wildman–Crippen MR) is 112 cm³/mol. The van der Waals surface area contributed by atoms with Crippen LogP contribution >= 0.6 is 11.8 Å². The zero-order chi connectivity index (χ0) is 23.4. The summed E-state index contributed by atoms with van der Waals surface area (Å²) in [5.41, 5.74) is 5.78. The topological polar surface area (TPSA) is 188 Å². The van der Waals surface area contributed by atoms with E-state index in [1.54, 1.807) is 6.26 Å². The Balaban J connectivity index is 5.31. The molecule has 0 spiro atoms. The van der Waals surface area contributed by atoms with Gasteiger partial charge >= 0.3 is 11.9 Å². The summed E-state index contributed by atoms with van der Waals surface area (Å²) < 4.78 is 0. The largest absolute Gasteiger partial charge is 0.481 e. The molecule has 0 aromatic carbocycles. The standard InChI is InChI=1S/C18H32N4O7S/c1-9(2)7-11(19)15(25)22-13(8-14(23)24)17(27)21-12(5-6-30-4)16(26)20-10(3)18(28)29/h9-13H,5-8,19H2,1-4H3,(H,20,26)(H,21,27)(H,22,25)(H,23,24)(H,28,29). The number of carboxylic acids is 2. The number of hydrogen-bond acceptors (Lipinski definition) is 7. The van der Waals surface area contributed by atoms with Gasteiger partial charge in [-0.05, 0) is 37.7 Å². The smallest absolute Gasteiger partial charge is 0.325 e. The van der Waals surface area contributed by atoms with Crippen molar-refractivity contribution < 1.29 is 34.2 Å². The molecule has 0 saturated carbocycles. The lowest BCUT2D eigenvalue weighted by molar-refractivity contribution is -0.143. The van der Waals surface area contributed by atoms with Crippen molar-refractivity contribution in [3.05, 3.63) is 0 Å². The van der Waals surface area contributed by atoms with Gasteiger partial charge in [-0.3, -0.25) is 24.0 Å². The number of carboxylic acid groups (broad SMARTS) is 2. The number of nitrogens with one attached hydrogen (secondary N) is 3. The van der Waals surface area contributed by atoms with Gasteiger partial charge in [-0.15, -0.1) is 0 Å². The van der Waals surface area contributed by atoms with Crippen LogP contribution in [0.5, 0.6) is 0 Å². The number of nitrogens with two attached hydrogens (primary N) is 1. The van der Waals surface area contributed by atoms with Crippen molar-refractivity contribution in [2.45, 2.75) is 64.2 Å². The molecule has 7 N–H and O–H groups in total. The van der Waals surface area contributed by atoms with Gasteiger partial charge in [-0.2, -0.15) is 11.8 Å². The maximum atomic E-state index is 12.6. The Bertz CT molecular complexity index is 630. The summed E-state index contributed by atoms with van der Waals surface area (Å²) in [5, 5.41) is 25.0. The van der Waals surface area contributed by atoms with E-state index in [0.29, 0.717) is 12.2 Å². The second-order valence-electron chi connectivity index (χ2n) is 7.31. The summed E-state index contributed by atoms with van der Waals surface area (Å²) in [6.07, 6.45) is 1.62. The molecule has 0 fully saturated rings. The fourth-order valence-electron chi connectivity index (χ4n) is 2.43. The van der Waals surface area contributed by atoms with Crippen molar-refractivity contribution >= 4 is 41.4 Å². The molecule has 0 radical (unpaired) electrons. The van der Waals surface area contributed by atoms with E-state index in [1.165, 1.54) is 18.7 Å². The lowest BCUT2D eigenvalue weighted by Gasteiger charge is -2.24. The molecule has 0 aromatic rings. The third-order valence-corrected chi connectivity index (χ3v) is 4.69. The molecule has 30 heavy (non-hydrogen) atoms. The normalized spacial score (nSPS) is 14.9. The van der Waals surface area contributed by atoms with Crippen molar-refractivity contribution in [1.29, 1.82) is 0 Å². The van der Waals surface area contributed by atoms with Crippen LogP contribution in [-0.4, -0.2) is 76.0 Å². The van der Waals surface area contributed by atoms with Gasteiger partial charge in [-0.1, -0.05) is 13.8 Å². The number of carbonyl (C=O) groups excluding carboxylic acids is 3. The maximum absolute atomic E-state index is 12.6. The molecule has 172 valence electrons. The summed E-state index contributed by atoms with van der Waals surface area (Å²) in [4.78, 5) is 59.3. The average molecular weight is 449 g/mol. The Hall–Kier alpha value is -2.34. The molecule has 0 bridgehead atoms. The first kappa shape index (κ1) is 27.7. The van der Waals surface area contributed by atoms with Crippen molar-refractivity contribution in [1.82, 2.24) is 16.0 Å². The number of hydrogen-bond donors (Lipinski definition) is 6. The number of amides is 3. The van der Waals surface area contributed by atoms with E-state index in [2.05, 4.69) is 16.0 Å². The summed E-state index contributed by atoms with van der Waals surface area (Å²) in [5.74, 6) is -4.22. The Morgan fingerprint density at radius 2 is 1.43 bits per heavy atom. The van der Waals surface area contributed by atoms with Crippen LogP contribution in [0.15, 0.2) is 0 Å². The minimum absolute atomic E-state index is 0.119. The van der Waals surface area contributed by atoms with E-state index in [-0.39, 0.29) is 12.3 Å². The van der Waals surface area contributed by atoms with Gasteiger partial charge in [0.2, 0.25) is 17.7 Å². The van der Waals surface area contributed by atoms with Gasteiger partial charge < -0.3 is 31.9 Å². The third kappa shape index (κ3) is 11.0. The fraction of sp³-hybridized carbons (Fsp3) is 0.722. The molecule has 4 atom stereocenters. The van der Waals surface area contributed by atoms with Crippen LogP contribution in [0.4, 0.5) is 0 Å². The molecule has 0 rings (SSSR count). The highest BCUT2D eigenvalue weighted by Crippen LogP contribution is 2.06. The van der Waals surface area contributed by atoms with Crippen LogP contribution in [0.2, 0.25) is 0 Å². The molecule has 3 amide bonds. The van der Waals surface area contributed by atoms with E-state index < -0.39 is 60.2 Å². The summed E-state index contributed by atoms with van der Waals surface area (Å²) >= 11 is 1.41. The Morgan fingerprint density at radius 1 is 0.900 bits per heavy atom.